The first kappa shape index (κ1) is 20.8. The van der Waals surface area contributed by atoms with Crippen molar-refractivity contribution >= 4 is 11.6 Å². The lowest BCUT2D eigenvalue weighted by Crippen LogP contribution is -2.15. The first-order valence-electron chi connectivity index (χ1n) is 12.1. The van der Waals surface area contributed by atoms with Gasteiger partial charge in [-0.15, -0.1) is 0 Å². The van der Waals surface area contributed by atoms with Gasteiger partial charge in [0.2, 0.25) is 11.7 Å². The first-order valence-corrected chi connectivity index (χ1v) is 12.1. The Morgan fingerprint density at radius 3 is 2.68 bits per heavy atom. The minimum absolute atomic E-state index is 0.130. The largest absolute Gasteiger partial charge is 0.339 e. The molecule has 0 atom stereocenters. The average molecular weight is 454 g/mol. The van der Waals surface area contributed by atoms with Gasteiger partial charge in [-0.2, -0.15) is 10.1 Å². The fourth-order valence-corrected chi connectivity index (χ4v) is 4.84. The number of fused-ring (bicyclic) bond motifs is 1. The van der Waals surface area contributed by atoms with Crippen LogP contribution in [-0.2, 0) is 12.8 Å². The first-order chi connectivity index (χ1) is 16.7. The van der Waals surface area contributed by atoms with Crippen LogP contribution in [0.4, 0.5) is 5.69 Å². The minimum Gasteiger partial charge on any atom is -0.339 e. The Bertz CT molecular complexity index is 1350. The monoisotopic (exact) mass is 453 g/mol. The third-order valence-corrected chi connectivity index (χ3v) is 7.07. The van der Waals surface area contributed by atoms with Crippen molar-refractivity contribution in [2.24, 2.45) is 0 Å². The van der Waals surface area contributed by atoms with Crippen molar-refractivity contribution < 1.29 is 9.32 Å². The van der Waals surface area contributed by atoms with E-state index in [9.17, 15) is 4.79 Å². The highest BCUT2D eigenvalue weighted by molar-refractivity contribution is 6.05. The zero-order valence-electron chi connectivity index (χ0n) is 19.3. The van der Waals surface area contributed by atoms with Gasteiger partial charge < -0.3 is 9.84 Å². The van der Waals surface area contributed by atoms with Gasteiger partial charge in [-0.25, -0.2) is 4.68 Å². The molecule has 172 valence electrons. The molecule has 2 aromatic heterocycles. The SMILES string of the molecule is Cc1nn(-c2ccc(-c3noc(C4CCC4)n3)cc2)cc1C(=O)Nc1cccc2c1CCCC2. The van der Waals surface area contributed by atoms with Crippen molar-refractivity contribution in [2.75, 3.05) is 5.32 Å². The molecule has 1 amide bonds. The van der Waals surface area contributed by atoms with E-state index in [1.54, 1.807) is 10.9 Å². The quantitative estimate of drug-likeness (QED) is 0.423. The molecule has 7 heteroatoms. The van der Waals surface area contributed by atoms with Crippen molar-refractivity contribution in [3.8, 4) is 17.1 Å². The van der Waals surface area contributed by atoms with Gasteiger partial charge in [0, 0.05) is 23.4 Å². The van der Waals surface area contributed by atoms with Crippen LogP contribution in [-0.4, -0.2) is 25.8 Å². The molecule has 0 unspecified atom stereocenters. The number of aromatic nitrogens is 4. The maximum Gasteiger partial charge on any atom is 0.259 e. The molecular formula is C27H27N5O2. The van der Waals surface area contributed by atoms with E-state index in [0.29, 0.717) is 23.0 Å². The van der Waals surface area contributed by atoms with Gasteiger partial charge in [-0.05, 0) is 86.9 Å². The van der Waals surface area contributed by atoms with Gasteiger partial charge in [-0.1, -0.05) is 23.7 Å². The molecule has 0 bridgehead atoms. The fraction of sp³-hybridized carbons (Fsp3) is 0.333. The summed E-state index contributed by atoms with van der Waals surface area (Å²) in [4.78, 5) is 17.7. The molecule has 2 aliphatic carbocycles. The molecule has 1 saturated carbocycles. The molecule has 0 aliphatic heterocycles. The number of carbonyl (C=O) groups is 1. The minimum atomic E-state index is -0.130. The molecule has 2 aliphatic rings. The van der Waals surface area contributed by atoms with Crippen molar-refractivity contribution in [2.45, 2.75) is 57.8 Å². The summed E-state index contributed by atoms with van der Waals surface area (Å²) in [6.07, 6.45) is 9.74. The highest BCUT2D eigenvalue weighted by Gasteiger charge is 2.25. The number of rotatable bonds is 5. The van der Waals surface area contributed by atoms with Gasteiger partial charge in [0.15, 0.2) is 0 Å². The summed E-state index contributed by atoms with van der Waals surface area (Å²) in [5.41, 5.74) is 6.55. The van der Waals surface area contributed by atoms with Crippen LogP contribution in [0.15, 0.2) is 53.2 Å². The van der Waals surface area contributed by atoms with E-state index in [1.807, 2.05) is 43.3 Å². The van der Waals surface area contributed by atoms with Crippen molar-refractivity contribution in [3.05, 3.63) is 76.9 Å². The zero-order valence-corrected chi connectivity index (χ0v) is 19.3. The lowest BCUT2D eigenvalue weighted by molar-refractivity contribution is 0.102. The van der Waals surface area contributed by atoms with Crippen LogP contribution in [0.2, 0.25) is 0 Å². The smallest absolute Gasteiger partial charge is 0.259 e. The number of amides is 1. The van der Waals surface area contributed by atoms with Crippen LogP contribution in [0.25, 0.3) is 17.1 Å². The number of anilines is 1. The van der Waals surface area contributed by atoms with E-state index in [-0.39, 0.29) is 5.91 Å². The van der Waals surface area contributed by atoms with E-state index in [2.05, 4.69) is 26.6 Å². The summed E-state index contributed by atoms with van der Waals surface area (Å²) in [6, 6.07) is 14.0. The highest BCUT2D eigenvalue weighted by Crippen LogP contribution is 2.36. The van der Waals surface area contributed by atoms with Crippen LogP contribution in [0.5, 0.6) is 0 Å². The number of aryl methyl sites for hydroxylation is 2. The second kappa shape index (κ2) is 8.56. The maximum atomic E-state index is 13.1. The second-order valence-corrected chi connectivity index (χ2v) is 9.31. The molecule has 0 spiro atoms. The molecule has 34 heavy (non-hydrogen) atoms. The molecule has 6 rings (SSSR count). The number of hydrogen-bond acceptors (Lipinski definition) is 5. The molecule has 2 aromatic carbocycles. The van der Waals surface area contributed by atoms with Crippen LogP contribution < -0.4 is 5.32 Å². The third kappa shape index (κ3) is 3.81. The maximum absolute atomic E-state index is 13.1. The summed E-state index contributed by atoms with van der Waals surface area (Å²) in [7, 11) is 0. The van der Waals surface area contributed by atoms with E-state index >= 15 is 0 Å². The highest BCUT2D eigenvalue weighted by atomic mass is 16.5. The normalized spacial score (nSPS) is 15.6. The molecule has 1 fully saturated rings. The summed E-state index contributed by atoms with van der Waals surface area (Å²) < 4.78 is 7.18. The Morgan fingerprint density at radius 1 is 1.06 bits per heavy atom. The fourth-order valence-electron chi connectivity index (χ4n) is 4.84. The van der Waals surface area contributed by atoms with Gasteiger partial charge in [0.05, 0.1) is 16.9 Å². The van der Waals surface area contributed by atoms with E-state index in [4.69, 9.17) is 4.52 Å². The van der Waals surface area contributed by atoms with E-state index in [0.717, 1.165) is 48.5 Å². The topological polar surface area (TPSA) is 85.8 Å². The summed E-state index contributed by atoms with van der Waals surface area (Å²) in [5, 5.41) is 11.9. The van der Waals surface area contributed by atoms with Gasteiger partial charge in [-0.3, -0.25) is 4.79 Å². The lowest BCUT2D eigenvalue weighted by Gasteiger charge is -2.20. The summed E-state index contributed by atoms with van der Waals surface area (Å²) >= 11 is 0. The molecule has 1 N–H and O–H groups in total. The van der Waals surface area contributed by atoms with Crippen LogP contribution in [0.3, 0.4) is 0 Å². The summed E-state index contributed by atoms with van der Waals surface area (Å²) in [6.45, 7) is 1.86. The molecule has 4 aromatic rings. The van der Waals surface area contributed by atoms with Gasteiger partial charge in [0.25, 0.3) is 5.91 Å². The number of carbonyl (C=O) groups excluding carboxylic acids is 1. The Morgan fingerprint density at radius 2 is 1.88 bits per heavy atom. The molecule has 2 heterocycles. The molecule has 0 radical (unpaired) electrons. The zero-order chi connectivity index (χ0) is 23.1. The standard InChI is InChI=1S/C27H27N5O2/c1-17-23(26(33)28-24-11-5-7-18-6-2-3-10-22(18)24)16-32(30-17)21-14-12-19(13-15-21)25-29-27(34-31-25)20-8-4-9-20/h5,7,11-16,20H,2-4,6,8-10H2,1H3,(H,28,33). The van der Waals surface area contributed by atoms with E-state index < -0.39 is 0 Å². The molecular weight excluding hydrogens is 426 g/mol. The van der Waals surface area contributed by atoms with Gasteiger partial charge >= 0.3 is 0 Å². The predicted octanol–water partition coefficient (Wildman–Crippen LogP) is 5.63. The lowest BCUT2D eigenvalue weighted by atomic mass is 9.85. The number of nitrogens with zero attached hydrogens (tertiary/aromatic N) is 4. The number of hydrogen-bond donors (Lipinski definition) is 1. The number of benzene rings is 2. The third-order valence-electron chi connectivity index (χ3n) is 7.07. The Hall–Kier alpha value is -3.74. The molecule has 7 nitrogen and oxygen atoms in total. The van der Waals surface area contributed by atoms with Crippen LogP contribution in [0.1, 0.15) is 71.1 Å². The van der Waals surface area contributed by atoms with Crippen LogP contribution in [0, 0.1) is 6.92 Å². The number of nitrogens with one attached hydrogen (secondary N) is 1. The summed E-state index contributed by atoms with van der Waals surface area (Å²) in [5.74, 6) is 1.63. The Labute approximate surface area is 198 Å². The van der Waals surface area contributed by atoms with E-state index in [1.165, 1.54) is 30.4 Å². The predicted molar refractivity (Wildman–Crippen MR) is 129 cm³/mol. The molecule has 0 saturated heterocycles. The Kier molecular flexibility index (Phi) is 5.24. The van der Waals surface area contributed by atoms with Crippen molar-refractivity contribution in [3.63, 3.8) is 0 Å². The van der Waals surface area contributed by atoms with Gasteiger partial charge in [0.1, 0.15) is 0 Å². The average Bonchev–Trinajstić information content (AvgIpc) is 3.45. The second-order valence-electron chi connectivity index (χ2n) is 9.31. The Balaban J connectivity index is 1.20. The van der Waals surface area contributed by atoms with Crippen molar-refractivity contribution in [1.29, 1.82) is 0 Å². The van der Waals surface area contributed by atoms with Crippen molar-refractivity contribution in [1.82, 2.24) is 19.9 Å². The van der Waals surface area contributed by atoms with Crippen LogP contribution >= 0.6 is 0 Å².